The first kappa shape index (κ1) is 38.8. The Morgan fingerprint density at radius 3 is 2.10 bits per heavy atom. The maximum atomic E-state index is 13.8. The SMILES string of the molecule is CCCCCCCCCCCCCCCCN(CCC#N)C(=O)c1cc(OCCC(C)S(=O)(=O)c2n[nH]c(C)n2)c2ccccc2c1O. The zero-order valence-electron chi connectivity index (χ0n) is 29.2. The number of phenols is 1. The molecule has 0 radical (unpaired) electrons. The van der Waals surface area contributed by atoms with E-state index in [4.69, 9.17) is 4.74 Å². The molecule has 0 aliphatic carbocycles. The summed E-state index contributed by atoms with van der Waals surface area (Å²) < 4.78 is 31.8. The van der Waals surface area contributed by atoms with Crippen LogP contribution in [0.5, 0.6) is 11.5 Å². The van der Waals surface area contributed by atoms with Gasteiger partial charge in [0.1, 0.15) is 17.3 Å². The molecule has 3 rings (SSSR count). The summed E-state index contributed by atoms with van der Waals surface area (Å²) in [5.41, 5.74) is 0.101. The quantitative estimate of drug-likeness (QED) is 0.0895. The Labute approximate surface area is 287 Å². The van der Waals surface area contributed by atoms with Crippen LogP contribution in [0, 0.1) is 18.3 Å². The molecule has 0 aliphatic rings. The van der Waals surface area contributed by atoms with Gasteiger partial charge in [0.25, 0.3) is 11.1 Å². The maximum absolute atomic E-state index is 13.8. The second-order valence-corrected chi connectivity index (χ2v) is 15.1. The highest BCUT2D eigenvalue weighted by atomic mass is 32.2. The number of hydrogen-bond acceptors (Lipinski definition) is 8. The number of nitrogens with zero attached hydrogens (tertiary/aromatic N) is 4. The van der Waals surface area contributed by atoms with Crippen LogP contribution < -0.4 is 4.74 Å². The molecule has 0 fully saturated rings. The van der Waals surface area contributed by atoms with Gasteiger partial charge in [-0.25, -0.2) is 13.4 Å². The van der Waals surface area contributed by atoms with E-state index < -0.39 is 15.1 Å². The standard InChI is InChI=1S/C37H55N5O5S/c1-4-5-6-7-8-9-10-11-12-13-14-15-16-19-25-42(26-20-24-38)36(44)33-28-34(31-21-17-18-22-32(31)35(33)43)47-27-23-29(2)48(45,46)37-39-30(3)40-41-37/h17-18,21-22,28-29,43H,4-16,19-20,23,25-27H2,1-3H3,(H,39,40,41). The molecular formula is C37H55N5O5S. The van der Waals surface area contributed by atoms with E-state index in [-0.39, 0.29) is 48.4 Å². The largest absolute Gasteiger partial charge is 0.506 e. The van der Waals surface area contributed by atoms with E-state index in [1.54, 1.807) is 36.9 Å². The Bertz CT molecular complexity index is 1570. The van der Waals surface area contributed by atoms with Gasteiger partial charge in [-0.1, -0.05) is 115 Å². The highest BCUT2D eigenvalue weighted by molar-refractivity contribution is 7.91. The van der Waals surface area contributed by atoms with Crippen LogP contribution in [0.3, 0.4) is 0 Å². The van der Waals surface area contributed by atoms with E-state index in [1.807, 2.05) is 6.07 Å². The molecule has 0 bridgehead atoms. The lowest BCUT2D eigenvalue weighted by Gasteiger charge is -2.23. The summed E-state index contributed by atoms with van der Waals surface area (Å²) in [6.07, 6.45) is 17.8. The van der Waals surface area contributed by atoms with Crippen LogP contribution in [0.2, 0.25) is 0 Å². The predicted molar refractivity (Wildman–Crippen MR) is 190 cm³/mol. The monoisotopic (exact) mass is 681 g/mol. The zero-order chi connectivity index (χ0) is 34.8. The molecule has 1 unspecified atom stereocenters. The number of aromatic hydroxyl groups is 1. The number of amides is 1. The van der Waals surface area contributed by atoms with Gasteiger partial charge in [0.05, 0.1) is 29.9 Å². The fraction of sp³-hybridized carbons (Fsp3) is 0.622. The van der Waals surface area contributed by atoms with E-state index in [2.05, 4.69) is 28.2 Å². The van der Waals surface area contributed by atoms with E-state index in [0.717, 1.165) is 19.3 Å². The molecule has 0 spiro atoms. The van der Waals surface area contributed by atoms with Gasteiger partial charge in [0, 0.05) is 23.9 Å². The highest BCUT2D eigenvalue weighted by Gasteiger charge is 2.28. The number of benzene rings is 2. The number of aromatic nitrogens is 3. The van der Waals surface area contributed by atoms with Crippen molar-refractivity contribution in [2.24, 2.45) is 0 Å². The number of fused-ring (bicyclic) bond motifs is 1. The molecule has 0 saturated carbocycles. The minimum Gasteiger partial charge on any atom is -0.506 e. The Morgan fingerprint density at radius 1 is 0.958 bits per heavy atom. The molecule has 0 aliphatic heterocycles. The number of phenolic OH excluding ortho intramolecular Hbond substituents is 1. The number of ether oxygens (including phenoxy) is 1. The number of hydrogen-bond donors (Lipinski definition) is 2. The smallest absolute Gasteiger partial charge is 0.267 e. The van der Waals surface area contributed by atoms with Gasteiger partial charge in [0.2, 0.25) is 9.84 Å². The third-order valence-corrected chi connectivity index (χ3v) is 10.9. The van der Waals surface area contributed by atoms with Gasteiger partial charge in [-0.15, -0.1) is 5.10 Å². The molecular weight excluding hydrogens is 627 g/mol. The van der Waals surface area contributed by atoms with Crippen molar-refractivity contribution in [1.82, 2.24) is 20.1 Å². The number of nitriles is 1. The molecule has 2 N–H and O–H groups in total. The number of aromatic amines is 1. The van der Waals surface area contributed by atoms with Gasteiger partial charge in [-0.05, 0) is 32.8 Å². The Morgan fingerprint density at radius 2 is 1.54 bits per heavy atom. The van der Waals surface area contributed by atoms with E-state index in [9.17, 15) is 23.6 Å². The molecule has 0 saturated heterocycles. The second kappa shape index (κ2) is 20.7. The molecule has 2 aromatic carbocycles. The fourth-order valence-corrected chi connectivity index (χ4v) is 7.10. The minimum atomic E-state index is -3.75. The van der Waals surface area contributed by atoms with E-state index >= 15 is 0 Å². The highest BCUT2D eigenvalue weighted by Crippen LogP contribution is 2.37. The Hall–Kier alpha value is -3.65. The number of carbonyl (C=O) groups excluding carboxylic acids is 1. The predicted octanol–water partition coefficient (Wildman–Crippen LogP) is 8.44. The third-order valence-electron chi connectivity index (χ3n) is 8.91. The van der Waals surface area contributed by atoms with Gasteiger partial charge in [-0.2, -0.15) is 5.26 Å². The third kappa shape index (κ3) is 11.8. The average Bonchev–Trinajstić information content (AvgIpc) is 3.54. The number of H-pyrrole nitrogens is 1. The van der Waals surface area contributed by atoms with Crippen molar-refractivity contribution in [3.63, 3.8) is 0 Å². The van der Waals surface area contributed by atoms with Crippen LogP contribution in [-0.4, -0.2) is 64.5 Å². The van der Waals surface area contributed by atoms with Gasteiger partial charge >= 0.3 is 0 Å². The van der Waals surface area contributed by atoms with Crippen molar-refractivity contribution < 1.29 is 23.1 Å². The maximum Gasteiger partial charge on any atom is 0.267 e. The van der Waals surface area contributed by atoms with Crippen molar-refractivity contribution in [3.8, 4) is 17.6 Å². The number of aryl methyl sites for hydroxylation is 1. The first-order chi connectivity index (χ1) is 23.2. The van der Waals surface area contributed by atoms with Crippen LogP contribution in [0.25, 0.3) is 10.8 Å². The first-order valence-corrected chi connectivity index (χ1v) is 19.4. The molecule has 48 heavy (non-hydrogen) atoms. The Balaban J connectivity index is 1.55. The normalized spacial score (nSPS) is 12.2. The van der Waals surface area contributed by atoms with Crippen LogP contribution in [0.15, 0.2) is 35.5 Å². The first-order valence-electron chi connectivity index (χ1n) is 17.9. The van der Waals surface area contributed by atoms with Gasteiger partial charge in [-0.3, -0.25) is 9.89 Å². The molecule has 1 amide bonds. The van der Waals surface area contributed by atoms with Crippen LogP contribution in [0.4, 0.5) is 0 Å². The number of unbranched alkanes of at least 4 members (excludes halogenated alkanes) is 13. The molecule has 1 heterocycles. The van der Waals surface area contributed by atoms with E-state index in [0.29, 0.717) is 28.9 Å². The minimum absolute atomic E-state index is 0.0589. The number of rotatable bonds is 24. The van der Waals surface area contributed by atoms with Crippen LogP contribution >= 0.6 is 0 Å². The van der Waals surface area contributed by atoms with Crippen molar-refractivity contribution in [2.75, 3.05) is 19.7 Å². The molecule has 1 aromatic heterocycles. The molecule has 11 heteroatoms. The Kier molecular flexibility index (Phi) is 16.7. The van der Waals surface area contributed by atoms with Crippen LogP contribution in [-0.2, 0) is 9.84 Å². The topological polar surface area (TPSA) is 149 Å². The number of nitrogens with one attached hydrogen (secondary N) is 1. The second-order valence-electron chi connectivity index (χ2n) is 12.8. The van der Waals surface area contributed by atoms with Crippen molar-refractivity contribution in [2.45, 2.75) is 134 Å². The van der Waals surface area contributed by atoms with Crippen molar-refractivity contribution in [1.29, 1.82) is 5.26 Å². The lowest BCUT2D eigenvalue weighted by Crippen LogP contribution is -2.33. The lowest BCUT2D eigenvalue weighted by molar-refractivity contribution is 0.0752. The van der Waals surface area contributed by atoms with Crippen molar-refractivity contribution in [3.05, 3.63) is 41.7 Å². The van der Waals surface area contributed by atoms with Gasteiger partial charge < -0.3 is 14.7 Å². The summed E-state index contributed by atoms with van der Waals surface area (Å²) in [6.45, 7) is 6.30. The van der Waals surface area contributed by atoms with E-state index in [1.165, 1.54) is 76.7 Å². The molecule has 1 atom stereocenters. The average molecular weight is 682 g/mol. The summed E-state index contributed by atoms with van der Waals surface area (Å²) >= 11 is 0. The lowest BCUT2D eigenvalue weighted by atomic mass is 10.0. The van der Waals surface area contributed by atoms with Gasteiger partial charge in [0.15, 0.2) is 0 Å². The summed E-state index contributed by atoms with van der Waals surface area (Å²) in [4.78, 5) is 19.4. The van der Waals surface area contributed by atoms with Crippen LogP contribution in [0.1, 0.15) is 133 Å². The summed E-state index contributed by atoms with van der Waals surface area (Å²) in [5.74, 6) is 0.297. The summed E-state index contributed by atoms with van der Waals surface area (Å²) in [7, 11) is -3.75. The number of carbonyl (C=O) groups is 1. The summed E-state index contributed by atoms with van der Waals surface area (Å²) in [6, 6.07) is 10.8. The molecule has 10 nitrogen and oxygen atoms in total. The molecule has 3 aromatic rings. The molecule has 264 valence electrons. The summed E-state index contributed by atoms with van der Waals surface area (Å²) in [5, 5.41) is 26.9. The number of sulfone groups is 1. The zero-order valence-corrected chi connectivity index (χ0v) is 30.0. The van der Waals surface area contributed by atoms with Crippen molar-refractivity contribution >= 4 is 26.5 Å². The fourth-order valence-electron chi connectivity index (χ4n) is 5.90.